The van der Waals surface area contributed by atoms with Gasteiger partial charge in [-0.3, -0.25) is 19.2 Å². The molecule has 5 unspecified atom stereocenters. The van der Waals surface area contributed by atoms with Crippen molar-refractivity contribution in [2.24, 2.45) is 22.7 Å². The second kappa shape index (κ2) is 14.6. The molecule has 0 saturated carbocycles. The number of carbonyl (C=O) groups is 4. The Morgan fingerprint density at radius 2 is 1.75 bits per heavy atom. The first-order valence-corrected chi connectivity index (χ1v) is 13.7. The molecule has 1 saturated heterocycles. The van der Waals surface area contributed by atoms with Gasteiger partial charge in [-0.15, -0.1) is 0 Å². The van der Waals surface area contributed by atoms with Crippen LogP contribution in [0.2, 0.25) is 0 Å². The fraction of sp³-hybridized carbons (Fsp3) is 0.857. The summed E-state index contributed by atoms with van der Waals surface area (Å²) in [5, 5.41) is 2.91. The molecule has 1 N–H and O–H groups in total. The molecule has 5 atom stereocenters. The number of carbonyl (C=O) groups excluding carboxylic acids is 4. The minimum atomic E-state index is -1.06. The van der Waals surface area contributed by atoms with Crippen LogP contribution in [0.1, 0.15) is 106 Å². The summed E-state index contributed by atoms with van der Waals surface area (Å²) in [5.74, 6) is -1.16. The van der Waals surface area contributed by atoms with Crippen LogP contribution in [0.4, 0.5) is 0 Å². The fourth-order valence-corrected chi connectivity index (χ4v) is 5.22. The van der Waals surface area contributed by atoms with E-state index in [1.807, 2.05) is 13.8 Å². The molecule has 1 heterocycles. The van der Waals surface area contributed by atoms with Crippen molar-refractivity contribution >= 4 is 23.8 Å². The second-order valence-corrected chi connectivity index (χ2v) is 11.1. The highest BCUT2D eigenvalue weighted by molar-refractivity contribution is 5.84. The lowest BCUT2D eigenvalue weighted by Crippen LogP contribution is -2.49. The zero-order valence-electron chi connectivity index (χ0n) is 23.9. The largest absolute Gasteiger partial charge is 0.469 e. The van der Waals surface area contributed by atoms with Gasteiger partial charge in [-0.1, -0.05) is 47.0 Å². The number of amides is 2. The molecule has 36 heavy (non-hydrogen) atoms. The third kappa shape index (κ3) is 8.77. The average Bonchev–Trinajstić information content (AvgIpc) is 3.28. The third-order valence-electron chi connectivity index (χ3n) is 7.86. The molecule has 0 aliphatic carbocycles. The lowest BCUT2D eigenvalue weighted by molar-refractivity contribution is -0.164. The molecule has 1 aliphatic rings. The quantitative estimate of drug-likeness (QED) is 0.298. The predicted octanol–water partition coefficient (Wildman–Crippen LogP) is 4.84. The Kier molecular flexibility index (Phi) is 12.9. The van der Waals surface area contributed by atoms with Crippen molar-refractivity contribution in [3.63, 3.8) is 0 Å². The summed E-state index contributed by atoms with van der Waals surface area (Å²) in [4.78, 5) is 52.8. The summed E-state index contributed by atoms with van der Waals surface area (Å²) in [6.45, 7) is 14.3. The Hall–Kier alpha value is -2.12. The van der Waals surface area contributed by atoms with Crippen molar-refractivity contribution in [1.82, 2.24) is 10.2 Å². The van der Waals surface area contributed by atoms with Gasteiger partial charge in [0.1, 0.15) is 6.17 Å². The average molecular weight is 511 g/mol. The lowest BCUT2D eigenvalue weighted by Gasteiger charge is -2.37. The van der Waals surface area contributed by atoms with Crippen LogP contribution in [0.15, 0.2) is 0 Å². The summed E-state index contributed by atoms with van der Waals surface area (Å²) in [6, 6.07) is 0. The van der Waals surface area contributed by atoms with Crippen LogP contribution in [-0.4, -0.2) is 55.1 Å². The van der Waals surface area contributed by atoms with Crippen LogP contribution in [-0.2, 0) is 28.7 Å². The molecular weight excluding hydrogens is 460 g/mol. The molecule has 0 spiro atoms. The number of nitrogens with zero attached hydrogens (tertiary/aromatic N) is 1. The lowest BCUT2D eigenvalue weighted by atomic mass is 9.68. The first-order chi connectivity index (χ1) is 16.9. The monoisotopic (exact) mass is 510 g/mol. The summed E-state index contributed by atoms with van der Waals surface area (Å²) >= 11 is 0. The smallest absolute Gasteiger partial charge is 0.311 e. The van der Waals surface area contributed by atoms with E-state index >= 15 is 0 Å². The van der Waals surface area contributed by atoms with Gasteiger partial charge in [-0.2, -0.15) is 0 Å². The van der Waals surface area contributed by atoms with E-state index in [-0.39, 0.29) is 30.6 Å². The van der Waals surface area contributed by atoms with Gasteiger partial charge in [-0.05, 0) is 58.8 Å². The molecule has 208 valence electrons. The summed E-state index contributed by atoms with van der Waals surface area (Å²) in [5.41, 5.74) is -1.95. The molecule has 0 radical (unpaired) electrons. The van der Waals surface area contributed by atoms with Gasteiger partial charge in [0.2, 0.25) is 11.8 Å². The molecule has 0 aromatic carbocycles. The van der Waals surface area contributed by atoms with Gasteiger partial charge in [-0.25, -0.2) is 0 Å². The molecule has 8 heteroatoms. The molecule has 0 aromatic heterocycles. The maximum atomic E-state index is 13.2. The van der Waals surface area contributed by atoms with Crippen LogP contribution in [0.5, 0.6) is 0 Å². The number of hydrogen-bond donors (Lipinski definition) is 1. The van der Waals surface area contributed by atoms with E-state index in [9.17, 15) is 19.2 Å². The minimum Gasteiger partial charge on any atom is -0.469 e. The minimum absolute atomic E-state index is 0.0343. The maximum absolute atomic E-state index is 13.2. The number of nitrogens with one attached hydrogen (secondary N) is 1. The van der Waals surface area contributed by atoms with Crippen molar-refractivity contribution in [2.75, 3.05) is 20.3 Å². The van der Waals surface area contributed by atoms with Crippen molar-refractivity contribution in [2.45, 2.75) is 112 Å². The number of unbranched alkanes of at least 4 members (excludes halogenated alkanes) is 1. The highest BCUT2D eigenvalue weighted by atomic mass is 16.5. The molecule has 1 rings (SSSR count). The van der Waals surface area contributed by atoms with Crippen molar-refractivity contribution < 1.29 is 28.7 Å². The van der Waals surface area contributed by atoms with Crippen molar-refractivity contribution in [3.8, 4) is 0 Å². The van der Waals surface area contributed by atoms with Gasteiger partial charge in [0.15, 0.2) is 0 Å². The topological polar surface area (TPSA) is 102 Å². The first kappa shape index (κ1) is 31.9. The van der Waals surface area contributed by atoms with E-state index in [1.54, 1.807) is 25.7 Å². The molecule has 1 aliphatic heterocycles. The third-order valence-corrected chi connectivity index (χ3v) is 7.86. The predicted molar refractivity (Wildman–Crippen MR) is 140 cm³/mol. The highest BCUT2D eigenvalue weighted by Crippen LogP contribution is 2.42. The van der Waals surface area contributed by atoms with Gasteiger partial charge in [0.05, 0.1) is 24.5 Å². The van der Waals surface area contributed by atoms with E-state index < -0.39 is 28.9 Å². The van der Waals surface area contributed by atoms with E-state index in [1.165, 1.54) is 7.11 Å². The summed E-state index contributed by atoms with van der Waals surface area (Å²) < 4.78 is 10.9. The van der Waals surface area contributed by atoms with E-state index in [2.05, 4.69) is 19.2 Å². The standard InChI is InChI=1S/C28H50N2O6/c1-9-12-14-22(10-2)18-36-26(34)27(6,11-3)19-28(7,25(33)35-8)17-20(4)24(32)29-21(5)30-16-13-15-23(30)31/h20-22H,9-19H2,1-8H3,(H,29,32). The van der Waals surface area contributed by atoms with E-state index in [0.717, 1.165) is 32.1 Å². The Morgan fingerprint density at radius 3 is 2.25 bits per heavy atom. The Balaban J connectivity index is 2.92. The summed E-state index contributed by atoms with van der Waals surface area (Å²) in [7, 11) is 1.33. The number of esters is 2. The van der Waals surface area contributed by atoms with Crippen LogP contribution >= 0.6 is 0 Å². The fourth-order valence-electron chi connectivity index (χ4n) is 5.22. The maximum Gasteiger partial charge on any atom is 0.311 e. The van der Waals surface area contributed by atoms with Gasteiger partial charge < -0.3 is 19.7 Å². The first-order valence-electron chi connectivity index (χ1n) is 13.7. The van der Waals surface area contributed by atoms with Crippen LogP contribution < -0.4 is 5.32 Å². The number of methoxy groups -OCH3 is 1. The molecule has 8 nitrogen and oxygen atoms in total. The van der Waals surface area contributed by atoms with E-state index in [4.69, 9.17) is 9.47 Å². The van der Waals surface area contributed by atoms with E-state index in [0.29, 0.717) is 31.9 Å². The van der Waals surface area contributed by atoms with Crippen LogP contribution in [0, 0.1) is 22.7 Å². The Bertz CT molecular complexity index is 756. The zero-order valence-corrected chi connectivity index (χ0v) is 23.9. The van der Waals surface area contributed by atoms with Crippen molar-refractivity contribution in [3.05, 3.63) is 0 Å². The SMILES string of the molecule is CCCCC(CC)COC(=O)C(C)(CC)CC(C)(CC(C)C(=O)NC(C)N1CCCC1=O)C(=O)OC. The Morgan fingerprint density at radius 1 is 1.08 bits per heavy atom. The molecule has 0 bridgehead atoms. The summed E-state index contributed by atoms with van der Waals surface area (Å²) in [6.07, 6.45) is 5.99. The van der Waals surface area contributed by atoms with Crippen LogP contribution in [0.3, 0.4) is 0 Å². The van der Waals surface area contributed by atoms with Gasteiger partial charge in [0, 0.05) is 18.9 Å². The Labute approximate surface area is 218 Å². The second-order valence-electron chi connectivity index (χ2n) is 11.1. The van der Waals surface area contributed by atoms with Gasteiger partial charge >= 0.3 is 11.9 Å². The number of likely N-dealkylation sites (tertiary alicyclic amines) is 1. The normalized spacial score (nSPS) is 19.6. The van der Waals surface area contributed by atoms with Crippen LogP contribution in [0.25, 0.3) is 0 Å². The molecular formula is C28H50N2O6. The highest BCUT2D eigenvalue weighted by Gasteiger charge is 2.47. The number of hydrogen-bond acceptors (Lipinski definition) is 6. The molecule has 2 amide bonds. The number of rotatable bonds is 16. The number of ether oxygens (including phenoxy) is 2. The van der Waals surface area contributed by atoms with Gasteiger partial charge in [0.25, 0.3) is 0 Å². The molecule has 0 aromatic rings. The molecule has 1 fully saturated rings. The van der Waals surface area contributed by atoms with Crippen molar-refractivity contribution in [1.29, 1.82) is 0 Å². The zero-order chi connectivity index (χ0) is 27.5.